The van der Waals surface area contributed by atoms with E-state index in [0.717, 1.165) is 13.0 Å². The number of hydrogen-bond acceptors (Lipinski definition) is 2. The molecule has 0 aliphatic heterocycles. The lowest BCUT2D eigenvalue weighted by Gasteiger charge is -2.12. The van der Waals surface area contributed by atoms with Gasteiger partial charge in [-0.05, 0) is 45.7 Å². The molecule has 0 saturated heterocycles. The Hall–Kier alpha value is -0.500. The second-order valence-electron chi connectivity index (χ2n) is 3.62. The molecule has 1 rings (SSSR count). The summed E-state index contributed by atoms with van der Waals surface area (Å²) >= 11 is 0. The summed E-state index contributed by atoms with van der Waals surface area (Å²) in [6, 6.07) is 0. The van der Waals surface area contributed by atoms with Gasteiger partial charge in [-0.25, -0.2) is 0 Å². The SMILES string of the molecule is CC(C)O/C(=C/CCN)C1CC1. The van der Waals surface area contributed by atoms with Gasteiger partial charge in [0.25, 0.3) is 0 Å². The smallest absolute Gasteiger partial charge is 0.0955 e. The number of rotatable bonds is 5. The molecular formula is C10H19NO. The standard InChI is InChI=1S/C10H19NO/c1-8(2)12-10(4-3-7-11)9-5-6-9/h4,8-9H,3,5-7,11H2,1-2H3/b10-4+. The average Bonchev–Trinajstić information content (AvgIpc) is 2.79. The fraction of sp³-hybridized carbons (Fsp3) is 0.800. The van der Waals surface area contributed by atoms with Crippen LogP contribution in [0.4, 0.5) is 0 Å². The van der Waals surface area contributed by atoms with Crippen molar-refractivity contribution in [3.05, 3.63) is 11.8 Å². The topological polar surface area (TPSA) is 35.2 Å². The normalized spacial score (nSPS) is 18.5. The third kappa shape index (κ3) is 3.26. The van der Waals surface area contributed by atoms with Gasteiger partial charge in [-0.15, -0.1) is 0 Å². The van der Waals surface area contributed by atoms with Gasteiger partial charge in [0.2, 0.25) is 0 Å². The molecule has 0 unspecified atom stereocenters. The van der Waals surface area contributed by atoms with Crippen LogP contribution >= 0.6 is 0 Å². The van der Waals surface area contributed by atoms with E-state index in [1.807, 2.05) is 0 Å². The van der Waals surface area contributed by atoms with Crippen LogP contribution in [0.25, 0.3) is 0 Å². The highest BCUT2D eigenvalue weighted by Gasteiger charge is 2.27. The van der Waals surface area contributed by atoms with E-state index in [4.69, 9.17) is 10.5 Å². The first-order chi connectivity index (χ1) is 5.74. The Morgan fingerprint density at radius 3 is 2.67 bits per heavy atom. The van der Waals surface area contributed by atoms with Crippen molar-refractivity contribution in [3.8, 4) is 0 Å². The van der Waals surface area contributed by atoms with Gasteiger partial charge in [-0.2, -0.15) is 0 Å². The Morgan fingerprint density at radius 1 is 1.58 bits per heavy atom. The number of hydrogen-bond donors (Lipinski definition) is 1. The first kappa shape index (κ1) is 9.59. The van der Waals surface area contributed by atoms with Crippen molar-refractivity contribution in [1.82, 2.24) is 0 Å². The maximum atomic E-state index is 5.68. The average molecular weight is 169 g/mol. The van der Waals surface area contributed by atoms with E-state index >= 15 is 0 Å². The van der Waals surface area contributed by atoms with E-state index in [-0.39, 0.29) is 0 Å². The van der Waals surface area contributed by atoms with E-state index in [9.17, 15) is 0 Å². The second kappa shape index (κ2) is 4.51. The summed E-state index contributed by atoms with van der Waals surface area (Å²) in [5.74, 6) is 1.88. The molecule has 2 N–H and O–H groups in total. The second-order valence-corrected chi connectivity index (χ2v) is 3.62. The quantitative estimate of drug-likeness (QED) is 0.639. The number of ether oxygens (including phenoxy) is 1. The zero-order valence-corrected chi connectivity index (χ0v) is 8.05. The van der Waals surface area contributed by atoms with E-state index in [1.165, 1.54) is 18.6 Å². The van der Waals surface area contributed by atoms with Gasteiger partial charge in [0, 0.05) is 5.92 Å². The molecule has 0 bridgehead atoms. The third-order valence-electron chi connectivity index (χ3n) is 1.86. The minimum Gasteiger partial charge on any atom is -0.495 e. The van der Waals surface area contributed by atoms with Crippen LogP contribution in [-0.2, 0) is 4.74 Å². The molecule has 0 aromatic carbocycles. The van der Waals surface area contributed by atoms with E-state index in [2.05, 4.69) is 19.9 Å². The molecule has 2 nitrogen and oxygen atoms in total. The minimum atomic E-state index is 0.301. The lowest BCUT2D eigenvalue weighted by molar-refractivity contribution is 0.134. The Labute approximate surface area is 74.8 Å². The van der Waals surface area contributed by atoms with Crippen LogP contribution in [0.2, 0.25) is 0 Å². The molecule has 70 valence electrons. The van der Waals surface area contributed by atoms with Crippen molar-refractivity contribution >= 4 is 0 Å². The summed E-state index contributed by atoms with van der Waals surface area (Å²) in [6.07, 6.45) is 5.98. The summed E-state index contributed by atoms with van der Waals surface area (Å²) in [6.45, 7) is 4.86. The van der Waals surface area contributed by atoms with Crippen molar-refractivity contribution in [3.63, 3.8) is 0 Å². The maximum Gasteiger partial charge on any atom is 0.0955 e. The number of nitrogens with two attached hydrogens (primary N) is 1. The van der Waals surface area contributed by atoms with Gasteiger partial charge in [-0.1, -0.05) is 0 Å². The largest absolute Gasteiger partial charge is 0.495 e. The van der Waals surface area contributed by atoms with Gasteiger partial charge < -0.3 is 10.5 Å². The molecule has 1 aliphatic carbocycles. The molecule has 12 heavy (non-hydrogen) atoms. The van der Waals surface area contributed by atoms with Crippen LogP contribution < -0.4 is 5.73 Å². The maximum absolute atomic E-state index is 5.68. The van der Waals surface area contributed by atoms with Crippen molar-refractivity contribution in [2.75, 3.05) is 6.54 Å². The van der Waals surface area contributed by atoms with Gasteiger partial charge in [0.05, 0.1) is 11.9 Å². The molecule has 2 heteroatoms. The van der Waals surface area contributed by atoms with E-state index in [0.29, 0.717) is 12.0 Å². The van der Waals surface area contributed by atoms with Crippen molar-refractivity contribution < 1.29 is 4.74 Å². The van der Waals surface area contributed by atoms with Gasteiger partial charge in [0.1, 0.15) is 0 Å². The molecule has 0 amide bonds. The van der Waals surface area contributed by atoms with Gasteiger partial charge in [0.15, 0.2) is 0 Å². The summed E-state index contributed by atoms with van der Waals surface area (Å²) in [5, 5.41) is 0. The van der Waals surface area contributed by atoms with Crippen molar-refractivity contribution in [1.29, 1.82) is 0 Å². The zero-order chi connectivity index (χ0) is 8.97. The van der Waals surface area contributed by atoms with Crippen molar-refractivity contribution in [2.45, 2.75) is 39.2 Å². The zero-order valence-electron chi connectivity index (χ0n) is 8.05. The lowest BCUT2D eigenvalue weighted by atomic mass is 10.2. The van der Waals surface area contributed by atoms with Crippen LogP contribution in [0.3, 0.4) is 0 Å². The van der Waals surface area contributed by atoms with Crippen LogP contribution in [-0.4, -0.2) is 12.6 Å². The Bertz CT molecular complexity index is 159. The highest BCUT2D eigenvalue weighted by molar-refractivity contribution is 5.05. The third-order valence-corrected chi connectivity index (χ3v) is 1.86. The minimum absolute atomic E-state index is 0.301. The van der Waals surface area contributed by atoms with Crippen molar-refractivity contribution in [2.24, 2.45) is 11.7 Å². The Balaban J connectivity index is 2.37. The fourth-order valence-electron chi connectivity index (χ4n) is 1.18. The Kier molecular flexibility index (Phi) is 3.60. The van der Waals surface area contributed by atoms with Crippen LogP contribution in [0.1, 0.15) is 33.1 Å². The molecule has 1 aliphatic rings. The summed E-state index contributed by atoms with van der Waals surface area (Å²) in [5.41, 5.74) is 5.43. The molecule has 0 atom stereocenters. The van der Waals surface area contributed by atoms with Crippen LogP contribution in [0.5, 0.6) is 0 Å². The van der Waals surface area contributed by atoms with Gasteiger partial charge >= 0.3 is 0 Å². The summed E-state index contributed by atoms with van der Waals surface area (Å²) in [4.78, 5) is 0. The van der Waals surface area contributed by atoms with E-state index in [1.54, 1.807) is 0 Å². The first-order valence-corrected chi connectivity index (χ1v) is 4.80. The fourth-order valence-corrected chi connectivity index (χ4v) is 1.18. The molecule has 0 aromatic rings. The number of allylic oxidation sites excluding steroid dienone is 1. The molecule has 1 saturated carbocycles. The molecule has 0 spiro atoms. The Morgan fingerprint density at radius 2 is 2.25 bits per heavy atom. The first-order valence-electron chi connectivity index (χ1n) is 4.80. The lowest BCUT2D eigenvalue weighted by Crippen LogP contribution is -2.05. The monoisotopic (exact) mass is 169 g/mol. The highest BCUT2D eigenvalue weighted by atomic mass is 16.5. The molecule has 1 fully saturated rings. The predicted octanol–water partition coefficient (Wildman–Crippen LogP) is 2.05. The highest BCUT2D eigenvalue weighted by Crippen LogP contribution is 2.37. The van der Waals surface area contributed by atoms with Crippen LogP contribution in [0, 0.1) is 5.92 Å². The molecule has 0 aromatic heterocycles. The molecule has 0 radical (unpaired) electrons. The predicted molar refractivity (Wildman–Crippen MR) is 50.7 cm³/mol. The van der Waals surface area contributed by atoms with Gasteiger partial charge in [-0.3, -0.25) is 0 Å². The summed E-state index contributed by atoms with van der Waals surface area (Å²) < 4.78 is 5.68. The van der Waals surface area contributed by atoms with Crippen LogP contribution in [0.15, 0.2) is 11.8 Å². The summed E-state index contributed by atoms with van der Waals surface area (Å²) in [7, 11) is 0. The molecule has 0 heterocycles. The molecular weight excluding hydrogens is 150 g/mol. The van der Waals surface area contributed by atoms with E-state index < -0.39 is 0 Å².